The van der Waals surface area contributed by atoms with E-state index in [-0.39, 0.29) is 11.9 Å². The number of hydrogen-bond donors (Lipinski definition) is 1. The lowest BCUT2D eigenvalue weighted by Gasteiger charge is -2.31. The number of nitrogens with one attached hydrogen (secondary N) is 1. The topological polar surface area (TPSA) is 52.7 Å². The van der Waals surface area contributed by atoms with Gasteiger partial charge in [0, 0.05) is 10.0 Å². The van der Waals surface area contributed by atoms with Gasteiger partial charge < -0.3 is 5.32 Å². The van der Waals surface area contributed by atoms with Crippen molar-refractivity contribution in [3.8, 4) is 0 Å². The van der Waals surface area contributed by atoms with Crippen LogP contribution in [0.15, 0.2) is 48.5 Å². The molecule has 7 heteroatoms. The van der Waals surface area contributed by atoms with Crippen LogP contribution in [0.3, 0.4) is 0 Å². The van der Waals surface area contributed by atoms with E-state index in [1.807, 2.05) is 0 Å². The number of hydrogen-bond acceptors (Lipinski definition) is 3. The van der Waals surface area contributed by atoms with E-state index in [0.717, 1.165) is 25.9 Å². The molecule has 0 saturated carbocycles. The minimum absolute atomic E-state index is 0.285. The van der Waals surface area contributed by atoms with E-state index < -0.39 is 5.54 Å². The summed E-state index contributed by atoms with van der Waals surface area (Å²) in [7, 11) is 0. The Morgan fingerprint density at radius 1 is 0.821 bits per heavy atom. The molecule has 5 nitrogen and oxygen atoms in total. The summed E-state index contributed by atoms with van der Waals surface area (Å²) < 4.78 is 0. The van der Waals surface area contributed by atoms with Gasteiger partial charge in [0.1, 0.15) is 0 Å². The summed E-state index contributed by atoms with van der Waals surface area (Å²) in [6.07, 6.45) is 3.36. The maximum absolute atomic E-state index is 13.6. The molecule has 1 N–H and O–H groups in total. The predicted molar refractivity (Wildman–Crippen MR) is 109 cm³/mol. The molecule has 2 aliphatic rings. The second kappa shape index (κ2) is 7.74. The van der Waals surface area contributed by atoms with Crippen molar-refractivity contribution >= 4 is 35.1 Å². The maximum atomic E-state index is 13.6. The highest BCUT2D eigenvalue weighted by atomic mass is 35.5. The van der Waals surface area contributed by atoms with Gasteiger partial charge in [-0.05, 0) is 61.3 Å². The van der Waals surface area contributed by atoms with Gasteiger partial charge in [-0.25, -0.2) is 9.69 Å². The molecule has 0 atom stereocenters. The Balaban J connectivity index is 1.75. The third-order valence-electron chi connectivity index (χ3n) is 5.45. The van der Waals surface area contributed by atoms with Crippen LogP contribution in [-0.2, 0) is 10.3 Å². The van der Waals surface area contributed by atoms with Crippen LogP contribution in [0.5, 0.6) is 0 Å². The van der Waals surface area contributed by atoms with Gasteiger partial charge >= 0.3 is 6.03 Å². The first-order valence-corrected chi connectivity index (χ1v) is 10.1. The molecule has 0 aromatic heterocycles. The van der Waals surface area contributed by atoms with E-state index in [2.05, 4.69) is 10.2 Å². The molecular weight excluding hydrogens is 397 g/mol. The maximum Gasteiger partial charge on any atom is 0.326 e. The van der Waals surface area contributed by atoms with Gasteiger partial charge in [0.2, 0.25) is 0 Å². The molecule has 0 aliphatic carbocycles. The smallest absolute Gasteiger partial charge is 0.315 e. The number of nitrogens with zero attached hydrogens (tertiary/aromatic N) is 2. The molecule has 28 heavy (non-hydrogen) atoms. The van der Waals surface area contributed by atoms with E-state index in [1.54, 1.807) is 48.5 Å². The molecule has 0 radical (unpaired) electrons. The van der Waals surface area contributed by atoms with E-state index in [1.165, 1.54) is 11.3 Å². The van der Waals surface area contributed by atoms with Crippen molar-refractivity contribution in [1.29, 1.82) is 0 Å². The molecule has 2 fully saturated rings. The number of benzene rings is 2. The van der Waals surface area contributed by atoms with Crippen molar-refractivity contribution in [1.82, 2.24) is 15.1 Å². The van der Waals surface area contributed by atoms with Crippen molar-refractivity contribution in [2.75, 3.05) is 19.8 Å². The zero-order chi connectivity index (χ0) is 19.7. The van der Waals surface area contributed by atoms with Crippen LogP contribution in [0.4, 0.5) is 4.79 Å². The van der Waals surface area contributed by atoms with E-state index in [4.69, 9.17) is 23.2 Å². The third kappa shape index (κ3) is 3.39. The highest BCUT2D eigenvalue weighted by molar-refractivity contribution is 6.31. The minimum Gasteiger partial charge on any atom is -0.315 e. The Labute approximate surface area is 174 Å². The zero-order valence-corrected chi connectivity index (χ0v) is 16.8. The summed E-state index contributed by atoms with van der Waals surface area (Å²) >= 11 is 12.1. The molecule has 0 bridgehead atoms. The molecule has 2 aromatic carbocycles. The number of amides is 3. The lowest BCUT2D eigenvalue weighted by atomic mass is 9.82. The number of likely N-dealkylation sites (tertiary alicyclic amines) is 1. The summed E-state index contributed by atoms with van der Waals surface area (Å²) in [5.41, 5.74) is 0.0413. The number of carbonyl (C=O) groups is 2. The van der Waals surface area contributed by atoms with E-state index >= 15 is 0 Å². The summed E-state index contributed by atoms with van der Waals surface area (Å²) in [5, 5.41) is 4.09. The quantitative estimate of drug-likeness (QED) is 0.757. The van der Waals surface area contributed by atoms with Gasteiger partial charge in [-0.3, -0.25) is 9.69 Å². The van der Waals surface area contributed by atoms with Crippen LogP contribution in [0.25, 0.3) is 0 Å². The fourth-order valence-corrected chi connectivity index (χ4v) is 4.21. The average Bonchev–Trinajstić information content (AvgIpc) is 2.95. The van der Waals surface area contributed by atoms with Gasteiger partial charge in [-0.1, -0.05) is 53.9 Å². The van der Waals surface area contributed by atoms with Crippen molar-refractivity contribution in [2.45, 2.75) is 24.8 Å². The predicted octanol–water partition coefficient (Wildman–Crippen LogP) is 4.23. The molecule has 4 rings (SSSR count). The van der Waals surface area contributed by atoms with Crippen LogP contribution in [0, 0.1) is 0 Å². The van der Waals surface area contributed by atoms with Crippen LogP contribution in [-0.4, -0.2) is 41.5 Å². The monoisotopic (exact) mass is 417 g/mol. The molecule has 0 spiro atoms. The van der Waals surface area contributed by atoms with Crippen LogP contribution in [0.2, 0.25) is 10.0 Å². The largest absolute Gasteiger partial charge is 0.326 e. The highest BCUT2D eigenvalue weighted by Gasteiger charge is 2.54. The van der Waals surface area contributed by atoms with Gasteiger partial charge in [-0.15, -0.1) is 0 Å². The molecule has 3 amide bonds. The molecular formula is C21H21Cl2N3O2. The Hall–Kier alpha value is -2.08. The summed E-state index contributed by atoms with van der Waals surface area (Å²) in [6.45, 7) is 2.09. The second-order valence-corrected chi connectivity index (χ2v) is 8.12. The minimum atomic E-state index is -1.29. The van der Waals surface area contributed by atoms with Crippen LogP contribution < -0.4 is 5.32 Å². The molecule has 146 valence electrons. The first kappa shape index (κ1) is 19.2. The number of carbonyl (C=O) groups excluding carboxylic acids is 2. The number of urea groups is 1. The molecule has 0 unspecified atom stereocenters. The summed E-state index contributed by atoms with van der Waals surface area (Å²) in [6, 6.07) is 13.6. The zero-order valence-electron chi connectivity index (χ0n) is 15.3. The van der Waals surface area contributed by atoms with E-state index in [0.29, 0.717) is 27.8 Å². The lowest BCUT2D eigenvalue weighted by Crippen LogP contribution is -2.47. The fourth-order valence-electron chi connectivity index (χ4n) is 3.96. The number of imide groups is 1. The number of piperidine rings is 1. The third-order valence-corrected chi connectivity index (χ3v) is 5.95. The Morgan fingerprint density at radius 2 is 1.32 bits per heavy atom. The van der Waals surface area contributed by atoms with Crippen molar-refractivity contribution in [2.24, 2.45) is 0 Å². The van der Waals surface area contributed by atoms with Gasteiger partial charge in [0.05, 0.1) is 6.67 Å². The van der Waals surface area contributed by atoms with Crippen molar-refractivity contribution in [3.05, 3.63) is 69.7 Å². The SMILES string of the molecule is O=C1NC(c2ccc(Cl)cc2)(c2ccc(Cl)cc2)C(=O)N1CN1CCCCC1. The van der Waals surface area contributed by atoms with Gasteiger partial charge in [-0.2, -0.15) is 0 Å². The Bertz CT molecular complexity index is 832. The Morgan fingerprint density at radius 3 is 1.82 bits per heavy atom. The highest BCUT2D eigenvalue weighted by Crippen LogP contribution is 2.37. The van der Waals surface area contributed by atoms with Gasteiger partial charge in [0.25, 0.3) is 5.91 Å². The lowest BCUT2D eigenvalue weighted by molar-refractivity contribution is -0.131. The van der Waals surface area contributed by atoms with E-state index in [9.17, 15) is 9.59 Å². The summed E-state index contributed by atoms with van der Waals surface area (Å²) in [4.78, 5) is 30.0. The average molecular weight is 418 g/mol. The fraction of sp³-hybridized carbons (Fsp3) is 0.333. The second-order valence-electron chi connectivity index (χ2n) is 7.25. The first-order chi connectivity index (χ1) is 13.5. The Kier molecular flexibility index (Phi) is 5.32. The molecule has 2 saturated heterocycles. The molecule has 2 aliphatic heterocycles. The van der Waals surface area contributed by atoms with Crippen molar-refractivity contribution in [3.63, 3.8) is 0 Å². The summed E-state index contributed by atoms with van der Waals surface area (Å²) in [5.74, 6) is -0.285. The number of halogens is 2. The first-order valence-electron chi connectivity index (χ1n) is 9.39. The number of rotatable bonds is 4. The van der Waals surface area contributed by atoms with Gasteiger partial charge in [0.15, 0.2) is 5.54 Å². The van der Waals surface area contributed by atoms with Crippen LogP contribution in [0.1, 0.15) is 30.4 Å². The molecule has 2 aromatic rings. The molecule has 2 heterocycles. The van der Waals surface area contributed by atoms with Crippen LogP contribution >= 0.6 is 23.2 Å². The van der Waals surface area contributed by atoms with Crippen molar-refractivity contribution < 1.29 is 9.59 Å². The normalized spacial score (nSPS) is 19.7. The standard InChI is InChI=1S/C21H21Cl2N3O2/c22-17-8-4-15(5-9-17)21(16-6-10-18(23)11-7-16)19(27)26(20(28)24-21)14-25-12-2-1-3-13-25/h4-11H,1-3,12-14H2,(H,24,28).